The van der Waals surface area contributed by atoms with E-state index in [2.05, 4.69) is 37.4 Å². The number of amides is 1. The van der Waals surface area contributed by atoms with Gasteiger partial charge in [0.25, 0.3) is 0 Å². The van der Waals surface area contributed by atoms with Gasteiger partial charge in [-0.2, -0.15) is 0 Å². The van der Waals surface area contributed by atoms with Crippen LogP contribution in [0.3, 0.4) is 0 Å². The van der Waals surface area contributed by atoms with Gasteiger partial charge in [-0.15, -0.1) is 0 Å². The number of hydrogen-bond acceptors (Lipinski definition) is 4. The van der Waals surface area contributed by atoms with Crippen molar-refractivity contribution in [3.63, 3.8) is 0 Å². The summed E-state index contributed by atoms with van der Waals surface area (Å²) in [5, 5.41) is 2.93. The zero-order valence-electron chi connectivity index (χ0n) is 16.4. The van der Waals surface area contributed by atoms with Crippen molar-refractivity contribution < 1.29 is 13.2 Å². The minimum absolute atomic E-state index is 0.122. The smallest absolute Gasteiger partial charge is 0.228 e. The molecule has 28 heavy (non-hydrogen) atoms. The van der Waals surface area contributed by atoms with Gasteiger partial charge in [0.05, 0.1) is 12.2 Å². The van der Waals surface area contributed by atoms with E-state index in [0.717, 1.165) is 10.6 Å². The Labute approximate surface area is 171 Å². The predicted molar refractivity (Wildman–Crippen MR) is 114 cm³/mol. The van der Waals surface area contributed by atoms with Gasteiger partial charge in [0.2, 0.25) is 15.9 Å². The average molecular weight is 419 g/mol. The lowest BCUT2D eigenvalue weighted by atomic mass is 9.99. The summed E-state index contributed by atoms with van der Waals surface area (Å²) in [4.78, 5) is 14.9. The number of rotatable bonds is 5. The summed E-state index contributed by atoms with van der Waals surface area (Å²) in [7, 11) is -3.26. The van der Waals surface area contributed by atoms with Crippen LogP contribution in [0.2, 0.25) is 0 Å². The molecule has 1 atom stereocenters. The van der Waals surface area contributed by atoms with Crippen molar-refractivity contribution >= 4 is 33.4 Å². The Morgan fingerprint density at radius 1 is 1.14 bits per heavy atom. The van der Waals surface area contributed by atoms with Gasteiger partial charge in [0.1, 0.15) is 0 Å². The Balaban J connectivity index is 1.62. The van der Waals surface area contributed by atoms with Gasteiger partial charge < -0.3 is 5.32 Å². The standard InChI is InChI=1S/C21H26N2O3S2/c1-15-6-7-16(2)20(13-15)27-19-10-8-18(9-11-19)22-21(24)17-5-4-12-23(14-17)28(3,25)26/h6-11,13,17H,4-5,12,14H2,1-3H3,(H,22,24). The second kappa shape index (κ2) is 8.68. The first kappa shape index (κ1) is 20.9. The van der Waals surface area contributed by atoms with E-state index in [1.165, 1.54) is 26.6 Å². The van der Waals surface area contributed by atoms with Crippen molar-refractivity contribution in [2.24, 2.45) is 5.92 Å². The highest BCUT2D eigenvalue weighted by atomic mass is 32.2. The van der Waals surface area contributed by atoms with Crippen LogP contribution in [-0.2, 0) is 14.8 Å². The van der Waals surface area contributed by atoms with Gasteiger partial charge >= 0.3 is 0 Å². The van der Waals surface area contributed by atoms with Crippen LogP contribution in [0.5, 0.6) is 0 Å². The minimum atomic E-state index is -3.26. The summed E-state index contributed by atoms with van der Waals surface area (Å²) in [5.74, 6) is -0.434. The largest absolute Gasteiger partial charge is 0.326 e. The summed E-state index contributed by atoms with van der Waals surface area (Å²) < 4.78 is 24.9. The number of sulfonamides is 1. The fourth-order valence-corrected chi connectivity index (χ4v) is 5.16. The fraction of sp³-hybridized carbons (Fsp3) is 0.381. The van der Waals surface area contributed by atoms with E-state index in [1.54, 1.807) is 11.8 Å². The van der Waals surface area contributed by atoms with Crippen molar-refractivity contribution in [3.8, 4) is 0 Å². The molecule has 2 aromatic rings. The molecule has 0 aromatic heterocycles. The van der Waals surface area contributed by atoms with Crippen molar-refractivity contribution in [2.75, 3.05) is 24.7 Å². The predicted octanol–water partition coefficient (Wildman–Crippen LogP) is 4.06. The van der Waals surface area contributed by atoms with Gasteiger partial charge in [-0.3, -0.25) is 4.79 Å². The third-order valence-electron chi connectivity index (χ3n) is 4.92. The Bertz CT molecular complexity index is 956. The van der Waals surface area contributed by atoms with E-state index >= 15 is 0 Å². The highest BCUT2D eigenvalue weighted by molar-refractivity contribution is 7.99. The molecule has 0 spiro atoms. The van der Waals surface area contributed by atoms with E-state index in [1.807, 2.05) is 24.3 Å². The molecule has 150 valence electrons. The van der Waals surface area contributed by atoms with Crippen molar-refractivity contribution in [3.05, 3.63) is 53.6 Å². The quantitative estimate of drug-likeness (QED) is 0.795. The molecular weight excluding hydrogens is 392 g/mol. The lowest BCUT2D eigenvalue weighted by molar-refractivity contribution is -0.120. The fourth-order valence-electron chi connectivity index (χ4n) is 3.25. The third kappa shape index (κ3) is 5.37. The summed E-state index contributed by atoms with van der Waals surface area (Å²) >= 11 is 1.70. The second-order valence-corrected chi connectivity index (χ2v) is 10.4. The molecule has 1 fully saturated rings. The van der Waals surface area contributed by atoms with Crippen LogP contribution in [0.25, 0.3) is 0 Å². The lowest BCUT2D eigenvalue weighted by Crippen LogP contribution is -2.43. The first-order valence-electron chi connectivity index (χ1n) is 9.33. The van der Waals surface area contributed by atoms with Crippen LogP contribution in [0.1, 0.15) is 24.0 Å². The zero-order chi connectivity index (χ0) is 20.3. The summed E-state index contributed by atoms with van der Waals surface area (Å²) in [6.45, 7) is 4.93. The number of anilines is 1. The number of nitrogens with zero attached hydrogens (tertiary/aromatic N) is 1. The van der Waals surface area contributed by atoms with E-state index in [4.69, 9.17) is 0 Å². The molecule has 1 unspecified atom stereocenters. The maximum Gasteiger partial charge on any atom is 0.228 e. The van der Waals surface area contributed by atoms with Crippen LogP contribution < -0.4 is 5.32 Å². The van der Waals surface area contributed by atoms with E-state index in [9.17, 15) is 13.2 Å². The Hall–Kier alpha value is -1.83. The van der Waals surface area contributed by atoms with Crippen molar-refractivity contribution in [1.82, 2.24) is 4.31 Å². The van der Waals surface area contributed by atoms with Crippen LogP contribution in [-0.4, -0.2) is 38.0 Å². The summed E-state index contributed by atoms with van der Waals surface area (Å²) in [5.41, 5.74) is 3.19. The van der Waals surface area contributed by atoms with Crippen LogP contribution in [0, 0.1) is 19.8 Å². The highest BCUT2D eigenvalue weighted by Crippen LogP contribution is 2.31. The number of benzene rings is 2. The molecule has 1 aliphatic rings. The monoisotopic (exact) mass is 418 g/mol. The molecule has 0 bridgehead atoms. The van der Waals surface area contributed by atoms with Crippen LogP contribution in [0.4, 0.5) is 5.69 Å². The molecular formula is C21H26N2O3S2. The topological polar surface area (TPSA) is 66.5 Å². The van der Waals surface area contributed by atoms with Gasteiger partial charge in [0.15, 0.2) is 0 Å². The molecule has 2 aromatic carbocycles. The van der Waals surface area contributed by atoms with E-state index in [-0.39, 0.29) is 18.4 Å². The molecule has 0 saturated carbocycles. The number of aryl methyl sites for hydroxylation is 2. The average Bonchev–Trinajstić information content (AvgIpc) is 2.65. The Kier molecular flexibility index (Phi) is 6.47. The number of carbonyl (C=O) groups excluding carboxylic acids is 1. The van der Waals surface area contributed by atoms with Crippen molar-refractivity contribution in [2.45, 2.75) is 36.5 Å². The molecule has 5 nitrogen and oxygen atoms in total. The maximum atomic E-state index is 12.6. The first-order valence-corrected chi connectivity index (χ1v) is 12.0. The normalized spacial score (nSPS) is 18.0. The zero-order valence-corrected chi connectivity index (χ0v) is 18.1. The van der Waals surface area contributed by atoms with Crippen LogP contribution in [0.15, 0.2) is 52.3 Å². The molecule has 0 radical (unpaired) electrons. The van der Waals surface area contributed by atoms with Gasteiger partial charge in [-0.25, -0.2) is 12.7 Å². The summed E-state index contributed by atoms with van der Waals surface area (Å²) in [6.07, 6.45) is 2.61. The Morgan fingerprint density at radius 3 is 2.54 bits per heavy atom. The maximum absolute atomic E-state index is 12.6. The van der Waals surface area contributed by atoms with E-state index < -0.39 is 10.0 Å². The highest BCUT2D eigenvalue weighted by Gasteiger charge is 2.30. The number of nitrogens with one attached hydrogen (secondary N) is 1. The Morgan fingerprint density at radius 2 is 1.86 bits per heavy atom. The molecule has 0 aliphatic carbocycles. The SMILES string of the molecule is Cc1ccc(C)c(Sc2ccc(NC(=O)C3CCCN(S(C)(=O)=O)C3)cc2)c1. The van der Waals surface area contributed by atoms with Gasteiger partial charge in [0, 0.05) is 28.6 Å². The lowest BCUT2D eigenvalue weighted by Gasteiger charge is -2.30. The molecule has 1 aliphatic heterocycles. The molecule has 7 heteroatoms. The van der Waals surface area contributed by atoms with Gasteiger partial charge in [-0.05, 0) is 68.1 Å². The van der Waals surface area contributed by atoms with Gasteiger partial charge in [-0.1, -0.05) is 23.9 Å². The van der Waals surface area contributed by atoms with Crippen molar-refractivity contribution in [1.29, 1.82) is 0 Å². The number of hydrogen-bond donors (Lipinski definition) is 1. The molecule has 1 amide bonds. The number of piperidine rings is 1. The third-order valence-corrected chi connectivity index (χ3v) is 7.35. The van der Waals surface area contributed by atoms with E-state index in [0.29, 0.717) is 19.4 Å². The minimum Gasteiger partial charge on any atom is -0.326 e. The molecule has 1 saturated heterocycles. The molecule has 1 heterocycles. The van der Waals surface area contributed by atoms with Crippen LogP contribution >= 0.6 is 11.8 Å². The molecule has 1 N–H and O–H groups in total. The first-order chi connectivity index (χ1) is 13.2. The number of carbonyl (C=O) groups is 1. The molecule has 3 rings (SSSR count). The second-order valence-electron chi connectivity index (χ2n) is 7.34. The summed E-state index contributed by atoms with van der Waals surface area (Å²) in [6, 6.07) is 14.2.